The average Bonchev–Trinajstić information content (AvgIpc) is 2.38. The zero-order valence-corrected chi connectivity index (χ0v) is 11.1. The first-order chi connectivity index (χ1) is 8.48. The topological polar surface area (TPSA) is 101 Å². The molecule has 18 heavy (non-hydrogen) atoms. The SMILES string of the molecule is CCS(=O)(=O)CCNC(=O)c1cncc(NC)n1. The number of carbonyl (C=O) groups is 1. The lowest BCUT2D eigenvalue weighted by Crippen LogP contribution is -2.30. The maximum atomic E-state index is 11.7. The van der Waals surface area contributed by atoms with E-state index >= 15 is 0 Å². The zero-order valence-electron chi connectivity index (χ0n) is 10.3. The van der Waals surface area contributed by atoms with Crippen LogP contribution in [0.4, 0.5) is 5.82 Å². The van der Waals surface area contributed by atoms with Crippen molar-refractivity contribution in [3.63, 3.8) is 0 Å². The molecule has 100 valence electrons. The highest BCUT2D eigenvalue weighted by molar-refractivity contribution is 7.91. The van der Waals surface area contributed by atoms with Crippen LogP contribution in [-0.4, -0.2) is 49.4 Å². The van der Waals surface area contributed by atoms with Crippen LogP contribution in [0.1, 0.15) is 17.4 Å². The van der Waals surface area contributed by atoms with E-state index in [9.17, 15) is 13.2 Å². The minimum Gasteiger partial charge on any atom is -0.372 e. The Morgan fingerprint density at radius 3 is 2.72 bits per heavy atom. The van der Waals surface area contributed by atoms with Gasteiger partial charge in [0.15, 0.2) is 9.84 Å². The van der Waals surface area contributed by atoms with Crippen molar-refractivity contribution in [3.8, 4) is 0 Å². The van der Waals surface area contributed by atoms with Crippen LogP contribution in [0.3, 0.4) is 0 Å². The van der Waals surface area contributed by atoms with Crippen molar-refractivity contribution in [1.29, 1.82) is 0 Å². The second-order valence-electron chi connectivity index (χ2n) is 3.53. The molecule has 0 radical (unpaired) electrons. The second-order valence-corrected chi connectivity index (χ2v) is 6.00. The standard InChI is InChI=1S/C10H16N4O3S/c1-3-18(16,17)5-4-13-10(15)8-6-12-7-9(11-2)14-8/h6-7H,3-5H2,1-2H3,(H,11,14)(H,13,15). The van der Waals surface area contributed by atoms with Crippen LogP contribution in [0.15, 0.2) is 12.4 Å². The maximum Gasteiger partial charge on any atom is 0.271 e. The number of aromatic nitrogens is 2. The Bertz CT molecular complexity index is 516. The maximum absolute atomic E-state index is 11.7. The van der Waals surface area contributed by atoms with E-state index < -0.39 is 15.7 Å². The highest BCUT2D eigenvalue weighted by Crippen LogP contribution is 2.00. The molecule has 0 aliphatic carbocycles. The molecule has 0 spiro atoms. The van der Waals surface area contributed by atoms with Gasteiger partial charge < -0.3 is 10.6 Å². The fourth-order valence-corrected chi connectivity index (χ4v) is 1.85. The molecule has 7 nitrogen and oxygen atoms in total. The molecule has 0 aromatic carbocycles. The van der Waals surface area contributed by atoms with Crippen molar-refractivity contribution in [2.75, 3.05) is 30.4 Å². The van der Waals surface area contributed by atoms with E-state index in [2.05, 4.69) is 20.6 Å². The second kappa shape index (κ2) is 6.29. The molecule has 8 heteroatoms. The first kappa shape index (κ1) is 14.4. The normalized spacial score (nSPS) is 11.0. The van der Waals surface area contributed by atoms with Gasteiger partial charge in [-0.2, -0.15) is 0 Å². The molecule has 2 N–H and O–H groups in total. The summed E-state index contributed by atoms with van der Waals surface area (Å²) in [6.45, 7) is 1.64. The summed E-state index contributed by atoms with van der Waals surface area (Å²) in [6.07, 6.45) is 2.81. The van der Waals surface area contributed by atoms with Crippen LogP contribution in [0.2, 0.25) is 0 Å². The molecule has 0 aliphatic rings. The number of carbonyl (C=O) groups excluding carboxylic acids is 1. The molecule has 0 saturated heterocycles. The summed E-state index contributed by atoms with van der Waals surface area (Å²) < 4.78 is 22.5. The van der Waals surface area contributed by atoms with Gasteiger partial charge in [-0.15, -0.1) is 0 Å². The number of amides is 1. The van der Waals surface area contributed by atoms with Crippen molar-refractivity contribution >= 4 is 21.6 Å². The lowest BCUT2D eigenvalue weighted by molar-refractivity contribution is 0.0951. The van der Waals surface area contributed by atoms with Gasteiger partial charge >= 0.3 is 0 Å². The fraction of sp³-hybridized carbons (Fsp3) is 0.500. The van der Waals surface area contributed by atoms with E-state index in [1.165, 1.54) is 12.4 Å². The Morgan fingerprint density at radius 2 is 2.11 bits per heavy atom. The number of nitrogens with one attached hydrogen (secondary N) is 2. The molecule has 0 saturated carbocycles. The highest BCUT2D eigenvalue weighted by Gasteiger charge is 2.11. The molecule has 0 fully saturated rings. The van der Waals surface area contributed by atoms with E-state index in [1.807, 2.05) is 0 Å². The van der Waals surface area contributed by atoms with Crippen molar-refractivity contribution in [3.05, 3.63) is 18.1 Å². The van der Waals surface area contributed by atoms with E-state index in [1.54, 1.807) is 14.0 Å². The Kier molecular flexibility index (Phi) is 5.02. The largest absolute Gasteiger partial charge is 0.372 e. The van der Waals surface area contributed by atoms with E-state index in [0.29, 0.717) is 5.82 Å². The summed E-state index contributed by atoms with van der Waals surface area (Å²) in [7, 11) is -1.41. The van der Waals surface area contributed by atoms with Crippen LogP contribution >= 0.6 is 0 Å². The lowest BCUT2D eigenvalue weighted by atomic mass is 10.4. The predicted molar refractivity (Wildman–Crippen MR) is 68.2 cm³/mol. The van der Waals surface area contributed by atoms with Gasteiger partial charge in [0, 0.05) is 19.3 Å². The summed E-state index contributed by atoms with van der Waals surface area (Å²) in [4.78, 5) is 19.5. The number of nitrogens with zero attached hydrogens (tertiary/aromatic N) is 2. The molecule has 0 atom stereocenters. The number of anilines is 1. The molecule has 1 amide bonds. The number of hydrogen-bond acceptors (Lipinski definition) is 6. The lowest BCUT2D eigenvalue weighted by Gasteiger charge is -2.05. The first-order valence-corrected chi connectivity index (χ1v) is 7.29. The minimum absolute atomic E-state index is 0.0674. The van der Waals surface area contributed by atoms with E-state index in [0.717, 1.165) is 0 Å². The molecule has 0 unspecified atom stereocenters. The van der Waals surface area contributed by atoms with Crippen molar-refractivity contribution in [2.24, 2.45) is 0 Å². The first-order valence-electron chi connectivity index (χ1n) is 5.47. The zero-order chi connectivity index (χ0) is 13.6. The van der Waals surface area contributed by atoms with Crippen molar-refractivity contribution in [1.82, 2.24) is 15.3 Å². The quantitative estimate of drug-likeness (QED) is 0.736. The molecule has 0 aliphatic heterocycles. The monoisotopic (exact) mass is 272 g/mol. The van der Waals surface area contributed by atoms with Crippen LogP contribution in [0, 0.1) is 0 Å². The van der Waals surface area contributed by atoms with Gasteiger partial charge in [0.2, 0.25) is 0 Å². The predicted octanol–water partition coefficient (Wildman–Crippen LogP) is -0.317. The van der Waals surface area contributed by atoms with Gasteiger partial charge in [-0.1, -0.05) is 6.92 Å². The summed E-state index contributed by atoms with van der Waals surface area (Å²) in [5, 5.41) is 5.25. The Labute approximate surface area is 106 Å². The molecule has 1 aromatic heterocycles. The van der Waals surface area contributed by atoms with Gasteiger partial charge in [0.05, 0.1) is 18.1 Å². The van der Waals surface area contributed by atoms with Gasteiger partial charge in [-0.05, 0) is 0 Å². The molecule has 1 heterocycles. The fourth-order valence-electron chi connectivity index (χ4n) is 1.15. The molecular weight excluding hydrogens is 256 g/mol. The van der Waals surface area contributed by atoms with Gasteiger partial charge in [-0.3, -0.25) is 9.78 Å². The number of sulfone groups is 1. The van der Waals surface area contributed by atoms with Crippen molar-refractivity contribution in [2.45, 2.75) is 6.92 Å². The summed E-state index contributed by atoms with van der Waals surface area (Å²) in [5.41, 5.74) is 0.149. The third-order valence-corrected chi connectivity index (χ3v) is 3.97. The summed E-state index contributed by atoms with van der Waals surface area (Å²) in [5.74, 6) is 0.0292. The Balaban J connectivity index is 2.55. The third kappa shape index (κ3) is 4.28. The van der Waals surface area contributed by atoms with Gasteiger partial charge in [0.25, 0.3) is 5.91 Å². The van der Waals surface area contributed by atoms with Gasteiger partial charge in [0.1, 0.15) is 11.5 Å². The average molecular weight is 272 g/mol. The minimum atomic E-state index is -3.07. The van der Waals surface area contributed by atoms with E-state index in [4.69, 9.17) is 0 Å². The van der Waals surface area contributed by atoms with Crippen molar-refractivity contribution < 1.29 is 13.2 Å². The smallest absolute Gasteiger partial charge is 0.271 e. The Morgan fingerprint density at radius 1 is 1.39 bits per heavy atom. The molecule has 1 aromatic rings. The number of hydrogen-bond donors (Lipinski definition) is 2. The van der Waals surface area contributed by atoms with Gasteiger partial charge in [-0.25, -0.2) is 13.4 Å². The summed E-state index contributed by atoms with van der Waals surface area (Å²) in [6, 6.07) is 0. The van der Waals surface area contributed by atoms with Crippen LogP contribution in [-0.2, 0) is 9.84 Å². The van der Waals surface area contributed by atoms with Crippen LogP contribution in [0.25, 0.3) is 0 Å². The Hall–Kier alpha value is -1.70. The van der Waals surface area contributed by atoms with E-state index in [-0.39, 0.29) is 23.7 Å². The third-order valence-electron chi connectivity index (χ3n) is 2.26. The van der Waals surface area contributed by atoms with Crippen LogP contribution in [0.5, 0.6) is 0 Å². The van der Waals surface area contributed by atoms with Crippen LogP contribution < -0.4 is 10.6 Å². The molecule has 0 bridgehead atoms. The highest BCUT2D eigenvalue weighted by atomic mass is 32.2. The number of rotatable bonds is 6. The summed E-state index contributed by atoms with van der Waals surface area (Å²) >= 11 is 0. The molecular formula is C10H16N4O3S. The molecule has 1 rings (SSSR count).